The first-order chi connectivity index (χ1) is 14.5. The van der Waals surface area contributed by atoms with Gasteiger partial charge in [0.15, 0.2) is 0 Å². The Labute approximate surface area is 172 Å². The van der Waals surface area contributed by atoms with Crippen molar-refractivity contribution in [3.63, 3.8) is 0 Å². The van der Waals surface area contributed by atoms with Crippen molar-refractivity contribution in [3.8, 4) is 23.0 Å². The molecule has 4 rings (SSSR count). The van der Waals surface area contributed by atoms with Crippen molar-refractivity contribution >= 4 is 11.6 Å². The summed E-state index contributed by atoms with van der Waals surface area (Å²) in [4.78, 5) is 20.8. The Morgan fingerprint density at radius 3 is 2.57 bits per heavy atom. The molecule has 0 unspecified atom stereocenters. The van der Waals surface area contributed by atoms with E-state index >= 15 is 0 Å². The van der Waals surface area contributed by atoms with Crippen LogP contribution in [0.25, 0.3) is 23.0 Å². The van der Waals surface area contributed by atoms with Crippen LogP contribution < -0.4 is 5.32 Å². The molecule has 2 aromatic heterocycles. The number of hydrogen-bond acceptors (Lipinski definition) is 5. The Morgan fingerprint density at radius 2 is 1.87 bits per heavy atom. The highest BCUT2D eigenvalue weighted by Gasteiger charge is 2.14. The Kier molecular flexibility index (Phi) is 5.38. The molecule has 0 spiro atoms. The molecule has 0 aliphatic rings. The van der Waals surface area contributed by atoms with Crippen LogP contribution in [0.4, 0.5) is 10.1 Å². The van der Waals surface area contributed by atoms with Gasteiger partial charge in [-0.2, -0.15) is 4.98 Å². The largest absolute Gasteiger partial charge is 0.334 e. The molecule has 0 saturated carbocycles. The lowest BCUT2D eigenvalue weighted by atomic mass is 10.0. The Bertz CT molecular complexity index is 1150. The third-order valence-electron chi connectivity index (χ3n) is 4.57. The SMILES string of the molecule is CC(C)c1ccc(NC(=O)Cn2cnc(-c3noc(-c4ccc(F)cc4)n3)c2)cc1. The second-order valence-electron chi connectivity index (χ2n) is 7.19. The summed E-state index contributed by atoms with van der Waals surface area (Å²) in [5, 5.41) is 6.78. The van der Waals surface area contributed by atoms with Crippen molar-refractivity contribution in [2.45, 2.75) is 26.3 Å². The molecule has 1 amide bonds. The van der Waals surface area contributed by atoms with Crippen molar-refractivity contribution in [1.82, 2.24) is 19.7 Å². The zero-order chi connectivity index (χ0) is 21.1. The molecule has 0 fully saturated rings. The summed E-state index contributed by atoms with van der Waals surface area (Å²) < 4.78 is 19.9. The third-order valence-corrected chi connectivity index (χ3v) is 4.57. The van der Waals surface area contributed by atoms with E-state index in [1.165, 1.54) is 24.0 Å². The summed E-state index contributed by atoms with van der Waals surface area (Å²) in [6, 6.07) is 13.6. The van der Waals surface area contributed by atoms with Gasteiger partial charge in [-0.05, 0) is 47.9 Å². The molecule has 0 aliphatic heterocycles. The van der Waals surface area contributed by atoms with Crippen LogP contribution in [0, 0.1) is 5.82 Å². The zero-order valence-electron chi connectivity index (χ0n) is 16.5. The van der Waals surface area contributed by atoms with E-state index in [-0.39, 0.29) is 30.0 Å². The van der Waals surface area contributed by atoms with Gasteiger partial charge in [0.05, 0.1) is 6.33 Å². The highest BCUT2D eigenvalue weighted by molar-refractivity contribution is 5.90. The van der Waals surface area contributed by atoms with Crippen LogP contribution in [0.3, 0.4) is 0 Å². The standard InChI is InChI=1S/C22H20FN5O2/c1-14(2)15-5-9-18(10-6-15)25-20(29)12-28-11-19(24-13-28)21-26-22(30-27-21)16-3-7-17(23)8-4-16/h3-11,13-14H,12H2,1-2H3,(H,25,29). The predicted molar refractivity (Wildman–Crippen MR) is 110 cm³/mol. The molecular formula is C22H20FN5O2. The first-order valence-corrected chi connectivity index (χ1v) is 9.49. The normalized spacial score (nSPS) is 11.1. The van der Waals surface area contributed by atoms with Crippen molar-refractivity contribution in [1.29, 1.82) is 0 Å². The maximum Gasteiger partial charge on any atom is 0.258 e. The van der Waals surface area contributed by atoms with Crippen LogP contribution in [-0.2, 0) is 11.3 Å². The molecule has 2 aromatic carbocycles. The van der Waals surface area contributed by atoms with Gasteiger partial charge in [0.1, 0.15) is 18.1 Å². The van der Waals surface area contributed by atoms with Crippen LogP contribution >= 0.6 is 0 Å². The van der Waals surface area contributed by atoms with Crippen molar-refractivity contribution in [2.24, 2.45) is 0 Å². The number of halogens is 1. The van der Waals surface area contributed by atoms with Gasteiger partial charge in [0.2, 0.25) is 11.7 Å². The molecule has 0 atom stereocenters. The molecule has 1 N–H and O–H groups in total. The van der Waals surface area contributed by atoms with Crippen molar-refractivity contribution < 1.29 is 13.7 Å². The quantitative estimate of drug-likeness (QED) is 0.510. The van der Waals surface area contributed by atoms with Gasteiger partial charge in [0, 0.05) is 17.4 Å². The fraction of sp³-hybridized carbons (Fsp3) is 0.182. The number of imidazole rings is 1. The topological polar surface area (TPSA) is 85.8 Å². The van der Waals surface area contributed by atoms with E-state index in [2.05, 4.69) is 34.3 Å². The van der Waals surface area contributed by atoms with Gasteiger partial charge in [-0.25, -0.2) is 9.37 Å². The fourth-order valence-electron chi connectivity index (χ4n) is 2.92. The molecule has 0 bridgehead atoms. The number of benzene rings is 2. The minimum Gasteiger partial charge on any atom is -0.334 e. The molecule has 0 radical (unpaired) electrons. The first kappa shape index (κ1) is 19.5. The van der Waals surface area contributed by atoms with Gasteiger partial charge in [-0.15, -0.1) is 0 Å². The van der Waals surface area contributed by atoms with Crippen LogP contribution in [0.2, 0.25) is 0 Å². The van der Waals surface area contributed by atoms with Crippen LogP contribution in [-0.4, -0.2) is 25.6 Å². The van der Waals surface area contributed by atoms with E-state index in [4.69, 9.17) is 4.52 Å². The number of nitrogens with zero attached hydrogens (tertiary/aromatic N) is 4. The van der Waals surface area contributed by atoms with Gasteiger partial charge >= 0.3 is 0 Å². The molecule has 30 heavy (non-hydrogen) atoms. The lowest BCUT2D eigenvalue weighted by molar-refractivity contribution is -0.116. The number of carbonyl (C=O) groups is 1. The van der Waals surface area contributed by atoms with E-state index in [0.29, 0.717) is 17.2 Å². The zero-order valence-corrected chi connectivity index (χ0v) is 16.5. The Hall–Kier alpha value is -3.81. The summed E-state index contributed by atoms with van der Waals surface area (Å²) in [6.45, 7) is 4.34. The smallest absolute Gasteiger partial charge is 0.258 e. The van der Waals surface area contributed by atoms with Crippen LogP contribution in [0.5, 0.6) is 0 Å². The molecule has 4 aromatic rings. The number of anilines is 1. The highest BCUT2D eigenvalue weighted by Crippen LogP contribution is 2.21. The van der Waals surface area contributed by atoms with E-state index in [1.807, 2.05) is 24.3 Å². The Morgan fingerprint density at radius 1 is 1.13 bits per heavy atom. The van der Waals surface area contributed by atoms with Crippen molar-refractivity contribution in [3.05, 3.63) is 72.4 Å². The van der Waals surface area contributed by atoms with Gasteiger partial charge < -0.3 is 14.4 Å². The van der Waals surface area contributed by atoms with Gasteiger partial charge in [-0.1, -0.05) is 31.1 Å². The second kappa shape index (κ2) is 8.28. The molecule has 152 valence electrons. The minimum absolute atomic E-state index is 0.0988. The minimum atomic E-state index is -0.341. The van der Waals surface area contributed by atoms with Crippen LogP contribution in [0.15, 0.2) is 65.6 Å². The van der Waals surface area contributed by atoms with E-state index in [1.54, 1.807) is 22.9 Å². The maximum absolute atomic E-state index is 13.1. The number of carbonyl (C=O) groups excluding carboxylic acids is 1. The van der Waals surface area contributed by atoms with E-state index in [9.17, 15) is 9.18 Å². The van der Waals surface area contributed by atoms with E-state index in [0.717, 1.165) is 5.69 Å². The molecule has 0 saturated heterocycles. The molecule has 2 heterocycles. The lowest BCUT2D eigenvalue weighted by Crippen LogP contribution is -2.17. The molecule has 8 heteroatoms. The lowest BCUT2D eigenvalue weighted by Gasteiger charge is -2.08. The summed E-state index contributed by atoms with van der Waals surface area (Å²) >= 11 is 0. The summed E-state index contributed by atoms with van der Waals surface area (Å²) in [5.41, 5.74) is 3.04. The molecular weight excluding hydrogens is 385 g/mol. The van der Waals surface area contributed by atoms with Crippen molar-refractivity contribution in [2.75, 3.05) is 5.32 Å². The summed E-state index contributed by atoms with van der Waals surface area (Å²) in [6.07, 6.45) is 3.20. The predicted octanol–water partition coefficient (Wildman–Crippen LogP) is 4.50. The number of hydrogen-bond donors (Lipinski definition) is 1. The van der Waals surface area contributed by atoms with Crippen LogP contribution in [0.1, 0.15) is 25.3 Å². The maximum atomic E-state index is 13.1. The average molecular weight is 405 g/mol. The number of aromatic nitrogens is 4. The van der Waals surface area contributed by atoms with Gasteiger partial charge in [0.25, 0.3) is 5.89 Å². The van der Waals surface area contributed by atoms with Gasteiger partial charge in [-0.3, -0.25) is 4.79 Å². The monoisotopic (exact) mass is 405 g/mol. The highest BCUT2D eigenvalue weighted by atomic mass is 19.1. The first-order valence-electron chi connectivity index (χ1n) is 9.49. The summed E-state index contributed by atoms with van der Waals surface area (Å²) in [5.74, 6) is 0.482. The number of amides is 1. The fourth-order valence-corrected chi connectivity index (χ4v) is 2.92. The number of rotatable bonds is 6. The summed E-state index contributed by atoms with van der Waals surface area (Å²) in [7, 11) is 0. The third kappa shape index (κ3) is 4.43. The number of nitrogens with one attached hydrogen (secondary N) is 1. The molecule has 7 nitrogen and oxygen atoms in total. The Balaban J connectivity index is 1.40. The second-order valence-corrected chi connectivity index (χ2v) is 7.19. The molecule has 0 aliphatic carbocycles. The average Bonchev–Trinajstić information content (AvgIpc) is 3.38. The van der Waals surface area contributed by atoms with E-state index < -0.39 is 0 Å².